The van der Waals surface area contributed by atoms with Gasteiger partial charge in [-0.25, -0.2) is 0 Å². The number of fused-ring (bicyclic) bond motifs is 1. The van der Waals surface area contributed by atoms with E-state index < -0.39 is 30.0 Å². The van der Waals surface area contributed by atoms with Crippen molar-refractivity contribution in [3.8, 4) is 5.75 Å². The van der Waals surface area contributed by atoms with Crippen LogP contribution in [0, 0.1) is 0 Å². The molecule has 2 aliphatic rings. The zero-order valence-corrected chi connectivity index (χ0v) is 13.9. The molecule has 2 N–H and O–H groups in total. The van der Waals surface area contributed by atoms with Crippen LogP contribution in [0.2, 0.25) is 0 Å². The van der Waals surface area contributed by atoms with Gasteiger partial charge in [0, 0.05) is 18.5 Å². The van der Waals surface area contributed by atoms with Crippen molar-refractivity contribution >= 4 is 5.91 Å². The lowest BCUT2D eigenvalue weighted by molar-refractivity contribution is -0.206. The number of aliphatic hydroxyl groups is 2. The molecule has 3 atom stereocenters. The second kappa shape index (κ2) is 5.88. The fraction of sp³-hybridized carbons (Fsp3) is 0.588. The van der Waals surface area contributed by atoms with Crippen LogP contribution in [0.15, 0.2) is 18.2 Å². The standard InChI is InChI=1S/C17H20F3NO4/c1-16(2)15(24)13(21-7-3-4-12(21)22)10-8-9(5-6-11(10)25-16)14(23)17(18,19)20/h5-6,8,13-15,23-24H,3-4,7H2,1-2H3. The lowest BCUT2D eigenvalue weighted by Crippen LogP contribution is -2.53. The Hall–Kier alpha value is -1.80. The number of likely N-dealkylation sites (tertiary alicyclic amines) is 1. The van der Waals surface area contributed by atoms with E-state index in [1.54, 1.807) is 13.8 Å². The van der Waals surface area contributed by atoms with Gasteiger partial charge in [0.1, 0.15) is 17.5 Å². The SMILES string of the molecule is CC1(C)Oc2ccc(C(O)C(F)(F)F)cc2C(N2CCCC2=O)C1O. The number of rotatable bonds is 2. The Morgan fingerprint density at radius 2 is 2.04 bits per heavy atom. The number of nitrogens with zero attached hydrogens (tertiary/aromatic N) is 1. The van der Waals surface area contributed by atoms with Crippen molar-refractivity contribution < 1.29 is 32.9 Å². The third-order valence-corrected chi connectivity index (χ3v) is 4.81. The van der Waals surface area contributed by atoms with Crippen LogP contribution in [0.1, 0.15) is 50.0 Å². The summed E-state index contributed by atoms with van der Waals surface area (Å²) in [7, 11) is 0. The average molecular weight is 359 g/mol. The Balaban J connectivity index is 2.09. The number of amides is 1. The number of ether oxygens (including phenoxy) is 1. The maximum absolute atomic E-state index is 12.8. The molecule has 8 heteroatoms. The topological polar surface area (TPSA) is 70.0 Å². The average Bonchev–Trinajstić information content (AvgIpc) is 2.92. The highest BCUT2D eigenvalue weighted by Gasteiger charge is 2.48. The molecule has 0 bridgehead atoms. The van der Waals surface area contributed by atoms with E-state index >= 15 is 0 Å². The highest BCUT2D eigenvalue weighted by atomic mass is 19.4. The van der Waals surface area contributed by atoms with Crippen molar-refractivity contribution in [1.82, 2.24) is 4.90 Å². The summed E-state index contributed by atoms with van der Waals surface area (Å²) in [6.07, 6.45) is -7.59. The number of carbonyl (C=O) groups excluding carboxylic acids is 1. The number of carbonyl (C=O) groups is 1. The first-order valence-electron chi connectivity index (χ1n) is 8.07. The minimum absolute atomic E-state index is 0.158. The Labute approximate surface area is 143 Å². The number of aliphatic hydroxyl groups excluding tert-OH is 2. The van der Waals surface area contributed by atoms with Gasteiger partial charge >= 0.3 is 6.18 Å². The van der Waals surface area contributed by atoms with Crippen molar-refractivity contribution in [3.63, 3.8) is 0 Å². The summed E-state index contributed by atoms with van der Waals surface area (Å²) in [5, 5.41) is 20.2. The highest BCUT2D eigenvalue weighted by molar-refractivity contribution is 5.79. The lowest BCUT2D eigenvalue weighted by atomic mass is 9.84. The zero-order valence-electron chi connectivity index (χ0n) is 13.9. The van der Waals surface area contributed by atoms with Crippen LogP contribution in [0.4, 0.5) is 13.2 Å². The van der Waals surface area contributed by atoms with Gasteiger partial charge in [0.05, 0.1) is 6.04 Å². The molecule has 3 unspecified atom stereocenters. The summed E-state index contributed by atoms with van der Waals surface area (Å²) in [5.74, 6) is 0.146. The minimum Gasteiger partial charge on any atom is -0.485 e. The molecule has 0 radical (unpaired) electrons. The summed E-state index contributed by atoms with van der Waals surface area (Å²) in [6.45, 7) is 3.74. The minimum atomic E-state index is -4.80. The van der Waals surface area contributed by atoms with E-state index in [0.29, 0.717) is 25.1 Å². The van der Waals surface area contributed by atoms with Gasteiger partial charge in [0.15, 0.2) is 6.10 Å². The molecule has 0 aliphatic carbocycles. The second-order valence-corrected chi connectivity index (χ2v) is 7.03. The molecule has 1 aromatic rings. The van der Waals surface area contributed by atoms with Gasteiger partial charge in [-0.1, -0.05) is 6.07 Å². The lowest BCUT2D eigenvalue weighted by Gasteiger charge is -2.45. The molecule has 0 aromatic heterocycles. The van der Waals surface area contributed by atoms with E-state index in [4.69, 9.17) is 4.74 Å². The van der Waals surface area contributed by atoms with Gasteiger partial charge in [-0.05, 0) is 38.0 Å². The van der Waals surface area contributed by atoms with Crippen molar-refractivity contribution in [2.75, 3.05) is 6.54 Å². The van der Waals surface area contributed by atoms with Crippen LogP contribution in [-0.4, -0.2) is 45.4 Å². The van der Waals surface area contributed by atoms with Crippen LogP contribution in [0.25, 0.3) is 0 Å². The Bertz CT molecular complexity index is 689. The number of benzene rings is 1. The van der Waals surface area contributed by atoms with Gasteiger partial charge < -0.3 is 19.8 Å². The normalized spacial score (nSPS) is 27.0. The molecule has 2 aliphatic heterocycles. The van der Waals surface area contributed by atoms with Gasteiger partial charge in [-0.3, -0.25) is 4.79 Å². The molecule has 0 spiro atoms. The van der Waals surface area contributed by atoms with Crippen LogP contribution in [0.3, 0.4) is 0 Å². The zero-order chi connectivity index (χ0) is 18.6. The Kier molecular flexibility index (Phi) is 4.23. The molecule has 138 valence electrons. The van der Waals surface area contributed by atoms with Gasteiger partial charge in [-0.15, -0.1) is 0 Å². The third kappa shape index (κ3) is 3.08. The number of hydrogen-bond acceptors (Lipinski definition) is 4. The molecule has 1 saturated heterocycles. The molecule has 1 amide bonds. The molecule has 1 aromatic carbocycles. The summed E-state index contributed by atoms with van der Waals surface area (Å²) in [5.41, 5.74) is -1.08. The quantitative estimate of drug-likeness (QED) is 0.851. The van der Waals surface area contributed by atoms with Crippen LogP contribution < -0.4 is 4.74 Å². The number of alkyl halides is 3. The fourth-order valence-electron chi connectivity index (χ4n) is 3.45. The van der Waals surface area contributed by atoms with Crippen molar-refractivity contribution in [1.29, 1.82) is 0 Å². The monoisotopic (exact) mass is 359 g/mol. The molecular formula is C17H20F3NO4. The first-order chi connectivity index (χ1) is 11.5. The van der Waals surface area contributed by atoms with Gasteiger partial charge in [-0.2, -0.15) is 13.2 Å². The molecule has 25 heavy (non-hydrogen) atoms. The Morgan fingerprint density at radius 1 is 1.36 bits per heavy atom. The highest BCUT2D eigenvalue weighted by Crippen LogP contribution is 2.45. The smallest absolute Gasteiger partial charge is 0.418 e. The number of hydrogen-bond donors (Lipinski definition) is 2. The Morgan fingerprint density at radius 3 is 2.60 bits per heavy atom. The van der Waals surface area contributed by atoms with Crippen molar-refractivity contribution in [2.45, 2.75) is 56.7 Å². The van der Waals surface area contributed by atoms with E-state index in [1.165, 1.54) is 17.0 Å². The first kappa shape index (κ1) is 18.0. The first-order valence-corrected chi connectivity index (χ1v) is 8.07. The summed E-state index contributed by atoms with van der Waals surface area (Å²) >= 11 is 0. The summed E-state index contributed by atoms with van der Waals surface area (Å²) < 4.78 is 44.2. The predicted molar refractivity (Wildman–Crippen MR) is 81.9 cm³/mol. The fourth-order valence-corrected chi connectivity index (χ4v) is 3.45. The number of halogens is 3. The third-order valence-electron chi connectivity index (χ3n) is 4.81. The molecule has 3 rings (SSSR count). The van der Waals surface area contributed by atoms with Gasteiger partial charge in [0.2, 0.25) is 5.91 Å². The molecular weight excluding hydrogens is 339 g/mol. The van der Waals surface area contributed by atoms with Crippen molar-refractivity contribution in [3.05, 3.63) is 29.3 Å². The van der Waals surface area contributed by atoms with E-state index in [0.717, 1.165) is 6.07 Å². The molecule has 1 fully saturated rings. The molecule has 0 saturated carbocycles. The van der Waals surface area contributed by atoms with Crippen LogP contribution >= 0.6 is 0 Å². The second-order valence-electron chi connectivity index (χ2n) is 7.03. The van der Waals surface area contributed by atoms with Crippen LogP contribution in [-0.2, 0) is 4.79 Å². The van der Waals surface area contributed by atoms with Crippen molar-refractivity contribution in [2.24, 2.45) is 0 Å². The molecule has 2 heterocycles. The van der Waals surface area contributed by atoms with E-state index in [-0.39, 0.29) is 17.0 Å². The summed E-state index contributed by atoms with van der Waals surface area (Å²) in [4.78, 5) is 13.6. The van der Waals surface area contributed by atoms with Gasteiger partial charge in [0.25, 0.3) is 0 Å². The maximum Gasteiger partial charge on any atom is 0.418 e. The van der Waals surface area contributed by atoms with Crippen LogP contribution in [0.5, 0.6) is 5.75 Å². The molecule has 5 nitrogen and oxygen atoms in total. The van der Waals surface area contributed by atoms with E-state index in [9.17, 15) is 28.2 Å². The largest absolute Gasteiger partial charge is 0.485 e. The van der Waals surface area contributed by atoms with E-state index in [2.05, 4.69) is 0 Å². The predicted octanol–water partition coefficient (Wildman–Crippen LogP) is 2.48. The summed E-state index contributed by atoms with van der Waals surface area (Å²) in [6, 6.07) is 2.85. The maximum atomic E-state index is 12.8. The van der Waals surface area contributed by atoms with E-state index in [1.807, 2.05) is 0 Å².